The molecule has 20 heavy (non-hydrogen) atoms. The molecule has 3 heteroatoms. The highest BCUT2D eigenvalue weighted by Crippen LogP contribution is 2.40. The van der Waals surface area contributed by atoms with Crippen LogP contribution in [0.2, 0.25) is 0 Å². The van der Waals surface area contributed by atoms with Crippen molar-refractivity contribution in [2.45, 2.75) is 6.42 Å². The third kappa shape index (κ3) is 1.40. The maximum absolute atomic E-state index is 11.8. The molecule has 0 atom stereocenters. The summed E-state index contributed by atoms with van der Waals surface area (Å²) in [5.74, 6) is -0.892. The molecule has 1 aliphatic carbocycles. The summed E-state index contributed by atoms with van der Waals surface area (Å²) < 4.78 is 0. The highest BCUT2D eigenvalue weighted by molar-refractivity contribution is 6.10. The van der Waals surface area contributed by atoms with E-state index in [9.17, 15) is 9.90 Å². The molecule has 0 radical (unpaired) electrons. The molecule has 3 nitrogen and oxygen atoms in total. The number of rotatable bonds is 1. The van der Waals surface area contributed by atoms with Crippen LogP contribution in [0.15, 0.2) is 48.5 Å². The van der Waals surface area contributed by atoms with E-state index in [0.29, 0.717) is 17.4 Å². The SMILES string of the molecule is O=C(O)c1c2c(nc3ccccc13)Cc1ccccc1-2. The van der Waals surface area contributed by atoms with E-state index in [4.69, 9.17) is 0 Å². The van der Waals surface area contributed by atoms with Crippen LogP contribution in [0, 0.1) is 0 Å². The number of hydrogen-bond acceptors (Lipinski definition) is 2. The van der Waals surface area contributed by atoms with E-state index in [1.165, 1.54) is 0 Å². The van der Waals surface area contributed by atoms with Crippen LogP contribution in [-0.2, 0) is 6.42 Å². The van der Waals surface area contributed by atoms with Gasteiger partial charge in [0.05, 0.1) is 16.8 Å². The van der Waals surface area contributed by atoms with Crippen LogP contribution in [0.1, 0.15) is 21.6 Å². The lowest BCUT2D eigenvalue weighted by atomic mass is 9.98. The van der Waals surface area contributed by atoms with Crippen molar-refractivity contribution in [2.75, 3.05) is 0 Å². The third-order valence-corrected chi connectivity index (χ3v) is 3.83. The number of carboxylic acid groups (broad SMARTS) is 1. The van der Waals surface area contributed by atoms with Crippen LogP contribution in [0.3, 0.4) is 0 Å². The lowest BCUT2D eigenvalue weighted by Crippen LogP contribution is -2.03. The molecule has 0 amide bonds. The number of carboxylic acids is 1. The predicted molar refractivity (Wildman–Crippen MR) is 76.9 cm³/mol. The van der Waals surface area contributed by atoms with Crippen molar-refractivity contribution < 1.29 is 9.90 Å². The van der Waals surface area contributed by atoms with Gasteiger partial charge in [0.1, 0.15) is 0 Å². The van der Waals surface area contributed by atoms with E-state index in [-0.39, 0.29) is 0 Å². The van der Waals surface area contributed by atoms with Gasteiger partial charge in [-0.1, -0.05) is 42.5 Å². The van der Waals surface area contributed by atoms with Gasteiger partial charge >= 0.3 is 5.97 Å². The fraction of sp³-hybridized carbons (Fsp3) is 0.0588. The Bertz CT molecular complexity index is 868. The van der Waals surface area contributed by atoms with Gasteiger partial charge in [0.25, 0.3) is 0 Å². The van der Waals surface area contributed by atoms with Gasteiger partial charge in [-0.15, -0.1) is 0 Å². The highest BCUT2D eigenvalue weighted by Gasteiger charge is 2.27. The first-order valence-electron chi connectivity index (χ1n) is 6.49. The van der Waals surface area contributed by atoms with Crippen molar-refractivity contribution in [3.8, 4) is 11.1 Å². The summed E-state index contributed by atoms with van der Waals surface area (Å²) in [7, 11) is 0. The second-order valence-corrected chi connectivity index (χ2v) is 4.96. The first kappa shape index (κ1) is 11.2. The molecule has 1 aliphatic rings. The highest BCUT2D eigenvalue weighted by atomic mass is 16.4. The Morgan fingerprint density at radius 3 is 2.65 bits per heavy atom. The standard InChI is InChI=1S/C17H11NO2/c19-17(20)16-12-7-3-4-8-13(12)18-14-9-10-5-1-2-6-11(10)15(14)16/h1-8H,9H2,(H,19,20). The van der Waals surface area contributed by atoms with Crippen molar-refractivity contribution in [3.05, 3.63) is 65.4 Å². The van der Waals surface area contributed by atoms with E-state index in [0.717, 1.165) is 27.9 Å². The van der Waals surface area contributed by atoms with Gasteiger partial charge in [-0.2, -0.15) is 0 Å². The number of hydrogen-bond donors (Lipinski definition) is 1. The number of aromatic carboxylic acids is 1. The average Bonchev–Trinajstić information content (AvgIpc) is 2.82. The Hall–Kier alpha value is -2.68. The second-order valence-electron chi connectivity index (χ2n) is 4.96. The van der Waals surface area contributed by atoms with Crippen molar-refractivity contribution in [1.82, 2.24) is 4.98 Å². The van der Waals surface area contributed by atoms with Gasteiger partial charge in [0, 0.05) is 17.4 Å². The zero-order chi connectivity index (χ0) is 13.7. The average molecular weight is 261 g/mol. The van der Waals surface area contributed by atoms with Crippen LogP contribution in [-0.4, -0.2) is 16.1 Å². The van der Waals surface area contributed by atoms with Gasteiger partial charge in [0.2, 0.25) is 0 Å². The lowest BCUT2D eigenvalue weighted by Gasteiger charge is -2.09. The molecule has 1 aromatic heterocycles. The molecular weight excluding hydrogens is 250 g/mol. The fourth-order valence-electron chi connectivity index (χ4n) is 3.00. The maximum Gasteiger partial charge on any atom is 0.337 e. The summed E-state index contributed by atoms with van der Waals surface area (Å²) in [5, 5.41) is 10.3. The molecule has 0 saturated heterocycles. The van der Waals surface area contributed by atoms with E-state index >= 15 is 0 Å². The van der Waals surface area contributed by atoms with Crippen molar-refractivity contribution in [2.24, 2.45) is 0 Å². The normalized spacial score (nSPS) is 12.2. The van der Waals surface area contributed by atoms with Gasteiger partial charge in [0.15, 0.2) is 0 Å². The Balaban J connectivity index is 2.18. The first-order chi connectivity index (χ1) is 9.75. The molecule has 2 aromatic carbocycles. The summed E-state index contributed by atoms with van der Waals surface area (Å²) in [6, 6.07) is 15.4. The molecule has 0 aliphatic heterocycles. The van der Waals surface area contributed by atoms with Crippen LogP contribution < -0.4 is 0 Å². The van der Waals surface area contributed by atoms with Crippen molar-refractivity contribution >= 4 is 16.9 Å². The summed E-state index contributed by atoms with van der Waals surface area (Å²) in [6.07, 6.45) is 0.705. The molecule has 0 spiro atoms. The smallest absolute Gasteiger partial charge is 0.337 e. The Morgan fingerprint density at radius 2 is 1.80 bits per heavy atom. The van der Waals surface area contributed by atoms with Crippen LogP contribution >= 0.6 is 0 Å². The largest absolute Gasteiger partial charge is 0.478 e. The molecule has 1 N–H and O–H groups in total. The number of carbonyl (C=O) groups is 1. The monoisotopic (exact) mass is 261 g/mol. The Kier molecular flexibility index (Phi) is 2.18. The van der Waals surface area contributed by atoms with Gasteiger partial charge in [-0.25, -0.2) is 4.79 Å². The van der Waals surface area contributed by atoms with Gasteiger partial charge in [-0.3, -0.25) is 4.98 Å². The molecule has 4 rings (SSSR count). The Morgan fingerprint density at radius 1 is 1.05 bits per heavy atom. The third-order valence-electron chi connectivity index (χ3n) is 3.83. The predicted octanol–water partition coefficient (Wildman–Crippen LogP) is 3.50. The van der Waals surface area contributed by atoms with Crippen LogP contribution in [0.25, 0.3) is 22.0 Å². The van der Waals surface area contributed by atoms with E-state index < -0.39 is 5.97 Å². The topological polar surface area (TPSA) is 50.2 Å². The second kappa shape index (κ2) is 3.90. The van der Waals surface area contributed by atoms with E-state index in [1.807, 2.05) is 48.5 Å². The Labute approximate surface area is 115 Å². The summed E-state index contributed by atoms with van der Waals surface area (Å²) in [5.41, 5.74) is 4.91. The first-order valence-corrected chi connectivity index (χ1v) is 6.49. The number of fused-ring (bicyclic) bond motifs is 4. The summed E-state index contributed by atoms with van der Waals surface area (Å²) in [4.78, 5) is 16.4. The zero-order valence-corrected chi connectivity index (χ0v) is 10.6. The fourth-order valence-corrected chi connectivity index (χ4v) is 3.00. The minimum Gasteiger partial charge on any atom is -0.478 e. The molecule has 0 saturated carbocycles. The van der Waals surface area contributed by atoms with Crippen LogP contribution in [0.5, 0.6) is 0 Å². The molecule has 1 heterocycles. The minimum absolute atomic E-state index is 0.371. The molecule has 0 unspecified atom stereocenters. The minimum atomic E-state index is -0.892. The van der Waals surface area contributed by atoms with Crippen molar-refractivity contribution in [1.29, 1.82) is 0 Å². The molecule has 0 bridgehead atoms. The van der Waals surface area contributed by atoms with Gasteiger partial charge < -0.3 is 5.11 Å². The number of pyridine rings is 1. The summed E-state index contributed by atoms with van der Waals surface area (Å²) >= 11 is 0. The number of para-hydroxylation sites is 1. The van der Waals surface area contributed by atoms with Crippen LogP contribution in [0.4, 0.5) is 0 Å². The lowest BCUT2D eigenvalue weighted by molar-refractivity contribution is 0.0699. The maximum atomic E-state index is 11.8. The molecule has 0 fully saturated rings. The number of benzene rings is 2. The molecule has 3 aromatic rings. The zero-order valence-electron chi connectivity index (χ0n) is 10.6. The van der Waals surface area contributed by atoms with Gasteiger partial charge in [-0.05, 0) is 17.2 Å². The number of aromatic nitrogens is 1. The summed E-state index contributed by atoms with van der Waals surface area (Å²) in [6.45, 7) is 0. The van der Waals surface area contributed by atoms with E-state index in [1.54, 1.807) is 0 Å². The number of nitrogens with zero attached hydrogens (tertiary/aromatic N) is 1. The van der Waals surface area contributed by atoms with Crippen molar-refractivity contribution in [3.63, 3.8) is 0 Å². The quantitative estimate of drug-likeness (QED) is 0.570. The molecule has 96 valence electrons. The van der Waals surface area contributed by atoms with E-state index in [2.05, 4.69) is 4.98 Å². The molecular formula is C17H11NO2.